The second-order valence-electron chi connectivity index (χ2n) is 6.98. The van der Waals surface area contributed by atoms with Crippen molar-refractivity contribution >= 4 is 35.3 Å². The van der Waals surface area contributed by atoms with Gasteiger partial charge in [-0.3, -0.25) is 14.3 Å². The lowest BCUT2D eigenvalue weighted by Crippen LogP contribution is -2.37. The molecular weight excluding hydrogens is 392 g/mol. The number of rotatable bonds is 2. The zero-order valence-corrected chi connectivity index (χ0v) is 17.2. The first-order chi connectivity index (χ1) is 13.5. The first kappa shape index (κ1) is 20.7. The van der Waals surface area contributed by atoms with Gasteiger partial charge in [-0.15, -0.1) is 12.4 Å². The van der Waals surface area contributed by atoms with Gasteiger partial charge in [0.1, 0.15) is 5.69 Å². The predicted octanol–water partition coefficient (Wildman–Crippen LogP) is 2.08. The van der Waals surface area contributed by atoms with Crippen LogP contribution in [-0.4, -0.2) is 67.5 Å². The molecule has 0 saturated carbocycles. The number of halogens is 1. The summed E-state index contributed by atoms with van der Waals surface area (Å²) in [6, 6.07) is 9.14. The summed E-state index contributed by atoms with van der Waals surface area (Å²) in [4.78, 5) is 37.8. The predicted molar refractivity (Wildman–Crippen MR) is 111 cm³/mol. The number of nitrogens with zero attached hydrogens (tertiary/aromatic N) is 6. The molecule has 3 aromatic heterocycles. The van der Waals surface area contributed by atoms with Crippen molar-refractivity contribution in [2.24, 2.45) is 7.05 Å². The second-order valence-corrected chi connectivity index (χ2v) is 6.98. The SMILES string of the molecule is Cc1cc(C(=O)N2CCCN(C(=O)c3ccc4cccnc4n3)CC2)nn1C.Cl. The highest BCUT2D eigenvalue weighted by molar-refractivity contribution is 5.95. The monoisotopic (exact) mass is 414 g/mol. The van der Waals surface area contributed by atoms with Gasteiger partial charge in [-0.05, 0) is 43.7 Å². The molecule has 29 heavy (non-hydrogen) atoms. The van der Waals surface area contributed by atoms with Crippen molar-refractivity contribution in [3.05, 3.63) is 53.6 Å². The smallest absolute Gasteiger partial charge is 0.274 e. The van der Waals surface area contributed by atoms with Crippen molar-refractivity contribution in [1.82, 2.24) is 29.5 Å². The molecule has 0 radical (unpaired) electrons. The Hall–Kier alpha value is -3.00. The van der Waals surface area contributed by atoms with E-state index in [9.17, 15) is 9.59 Å². The molecule has 0 spiro atoms. The Morgan fingerprint density at radius 2 is 1.66 bits per heavy atom. The number of hydrogen-bond acceptors (Lipinski definition) is 5. The van der Waals surface area contributed by atoms with Crippen LogP contribution in [0.1, 0.15) is 33.1 Å². The maximum absolute atomic E-state index is 12.9. The molecule has 0 aliphatic carbocycles. The fourth-order valence-corrected chi connectivity index (χ4v) is 3.38. The van der Waals surface area contributed by atoms with Gasteiger partial charge in [-0.1, -0.05) is 0 Å². The Balaban J connectivity index is 0.00000240. The third-order valence-corrected chi connectivity index (χ3v) is 5.09. The van der Waals surface area contributed by atoms with Gasteiger partial charge in [0, 0.05) is 50.5 Å². The van der Waals surface area contributed by atoms with E-state index in [2.05, 4.69) is 15.1 Å². The van der Waals surface area contributed by atoms with E-state index >= 15 is 0 Å². The van der Waals surface area contributed by atoms with Crippen LogP contribution in [0, 0.1) is 6.92 Å². The van der Waals surface area contributed by atoms with Crippen molar-refractivity contribution < 1.29 is 9.59 Å². The molecule has 152 valence electrons. The summed E-state index contributed by atoms with van der Waals surface area (Å²) in [5.41, 5.74) is 2.32. The second kappa shape index (κ2) is 8.57. The van der Waals surface area contributed by atoms with E-state index in [0.717, 1.165) is 17.5 Å². The molecule has 0 bridgehead atoms. The van der Waals surface area contributed by atoms with E-state index < -0.39 is 0 Å². The fourth-order valence-electron chi connectivity index (χ4n) is 3.38. The highest BCUT2D eigenvalue weighted by Gasteiger charge is 2.25. The molecule has 8 nitrogen and oxygen atoms in total. The summed E-state index contributed by atoms with van der Waals surface area (Å²) in [7, 11) is 1.82. The van der Waals surface area contributed by atoms with E-state index in [-0.39, 0.29) is 24.2 Å². The van der Waals surface area contributed by atoms with Crippen LogP contribution < -0.4 is 0 Å². The zero-order chi connectivity index (χ0) is 19.7. The van der Waals surface area contributed by atoms with E-state index in [4.69, 9.17) is 0 Å². The molecule has 1 aliphatic rings. The Morgan fingerprint density at radius 1 is 0.966 bits per heavy atom. The lowest BCUT2D eigenvalue weighted by Gasteiger charge is -2.21. The van der Waals surface area contributed by atoms with Gasteiger partial charge in [0.2, 0.25) is 0 Å². The van der Waals surface area contributed by atoms with E-state index in [0.29, 0.717) is 43.2 Å². The molecule has 2 amide bonds. The number of fused-ring (bicyclic) bond motifs is 1. The third kappa shape index (κ3) is 4.22. The molecule has 0 aromatic carbocycles. The van der Waals surface area contributed by atoms with Crippen molar-refractivity contribution in [3.8, 4) is 0 Å². The minimum atomic E-state index is -0.129. The van der Waals surface area contributed by atoms with Crippen LogP contribution in [0.15, 0.2) is 36.5 Å². The summed E-state index contributed by atoms with van der Waals surface area (Å²) in [6.07, 6.45) is 2.38. The van der Waals surface area contributed by atoms with Crippen LogP contribution in [-0.2, 0) is 7.05 Å². The molecule has 4 heterocycles. The van der Waals surface area contributed by atoms with Crippen molar-refractivity contribution in [3.63, 3.8) is 0 Å². The molecule has 1 saturated heterocycles. The number of hydrogen-bond donors (Lipinski definition) is 0. The topological polar surface area (TPSA) is 84.2 Å². The summed E-state index contributed by atoms with van der Waals surface area (Å²) in [5, 5.41) is 5.17. The van der Waals surface area contributed by atoms with Gasteiger partial charge < -0.3 is 9.80 Å². The molecule has 9 heteroatoms. The van der Waals surface area contributed by atoms with Crippen LogP contribution in [0.4, 0.5) is 0 Å². The summed E-state index contributed by atoms with van der Waals surface area (Å²) < 4.78 is 1.69. The summed E-state index contributed by atoms with van der Waals surface area (Å²) in [5.74, 6) is -0.221. The number of carbonyl (C=O) groups excluding carboxylic acids is 2. The van der Waals surface area contributed by atoms with Crippen LogP contribution >= 0.6 is 12.4 Å². The van der Waals surface area contributed by atoms with Crippen molar-refractivity contribution in [2.75, 3.05) is 26.2 Å². The maximum Gasteiger partial charge on any atom is 0.274 e. The zero-order valence-electron chi connectivity index (χ0n) is 16.4. The molecule has 4 rings (SSSR count). The van der Waals surface area contributed by atoms with Crippen LogP contribution in [0.2, 0.25) is 0 Å². The van der Waals surface area contributed by atoms with Gasteiger partial charge in [-0.2, -0.15) is 5.10 Å². The largest absolute Gasteiger partial charge is 0.335 e. The molecular formula is C20H23ClN6O2. The normalized spacial score (nSPS) is 14.4. The standard InChI is InChI=1S/C20H22N6O2.ClH/c1-14-13-17(23-24(14)2)20(28)26-10-4-9-25(11-12-26)19(27)16-7-6-15-5-3-8-21-18(15)22-16;/h3,5-8,13H,4,9-12H2,1-2H3;1H. The van der Waals surface area contributed by atoms with Crippen molar-refractivity contribution in [1.29, 1.82) is 0 Å². The van der Waals surface area contributed by atoms with Crippen LogP contribution in [0.3, 0.4) is 0 Å². The van der Waals surface area contributed by atoms with Gasteiger partial charge >= 0.3 is 0 Å². The van der Waals surface area contributed by atoms with Gasteiger partial charge in [0.05, 0.1) is 0 Å². The Kier molecular flexibility index (Phi) is 6.12. The Bertz CT molecular complexity index is 1030. The lowest BCUT2D eigenvalue weighted by molar-refractivity contribution is 0.0712. The van der Waals surface area contributed by atoms with E-state index in [1.807, 2.05) is 32.2 Å². The molecule has 0 N–H and O–H groups in total. The molecule has 1 fully saturated rings. The average Bonchev–Trinajstić information content (AvgIpc) is 2.91. The number of pyridine rings is 2. The lowest BCUT2D eigenvalue weighted by atomic mass is 10.2. The molecule has 0 atom stereocenters. The van der Waals surface area contributed by atoms with Gasteiger partial charge in [0.25, 0.3) is 11.8 Å². The minimum absolute atomic E-state index is 0. The molecule has 3 aromatic rings. The number of carbonyl (C=O) groups is 2. The van der Waals surface area contributed by atoms with E-state index in [1.54, 1.807) is 32.8 Å². The Labute approximate surface area is 174 Å². The Morgan fingerprint density at radius 3 is 2.31 bits per heavy atom. The summed E-state index contributed by atoms with van der Waals surface area (Å²) >= 11 is 0. The third-order valence-electron chi connectivity index (χ3n) is 5.09. The highest BCUT2D eigenvalue weighted by Crippen LogP contribution is 2.14. The highest BCUT2D eigenvalue weighted by atomic mass is 35.5. The van der Waals surface area contributed by atoms with Crippen LogP contribution in [0.25, 0.3) is 11.0 Å². The first-order valence-corrected chi connectivity index (χ1v) is 9.34. The first-order valence-electron chi connectivity index (χ1n) is 9.34. The molecule has 0 unspecified atom stereocenters. The quantitative estimate of drug-likeness (QED) is 0.641. The average molecular weight is 415 g/mol. The minimum Gasteiger partial charge on any atom is -0.335 e. The number of aromatic nitrogens is 4. The van der Waals surface area contributed by atoms with Gasteiger partial charge in [-0.25, -0.2) is 9.97 Å². The van der Waals surface area contributed by atoms with Crippen LogP contribution in [0.5, 0.6) is 0 Å². The number of amides is 2. The van der Waals surface area contributed by atoms with E-state index in [1.165, 1.54) is 0 Å². The fraction of sp³-hybridized carbons (Fsp3) is 0.350. The van der Waals surface area contributed by atoms with Crippen molar-refractivity contribution in [2.45, 2.75) is 13.3 Å². The van der Waals surface area contributed by atoms with Gasteiger partial charge in [0.15, 0.2) is 11.3 Å². The molecule has 1 aliphatic heterocycles. The summed E-state index contributed by atoms with van der Waals surface area (Å²) in [6.45, 7) is 4.05. The maximum atomic E-state index is 12.9. The number of aryl methyl sites for hydroxylation is 2.